The van der Waals surface area contributed by atoms with Crippen molar-refractivity contribution >= 4 is 28.5 Å². The van der Waals surface area contributed by atoms with E-state index in [9.17, 15) is 9.59 Å². The number of aromatic amines is 1. The minimum absolute atomic E-state index is 0.0203. The molecule has 29 heavy (non-hydrogen) atoms. The quantitative estimate of drug-likeness (QED) is 0.595. The van der Waals surface area contributed by atoms with Crippen LogP contribution in [0.25, 0.3) is 11.0 Å². The van der Waals surface area contributed by atoms with Crippen molar-refractivity contribution in [1.29, 1.82) is 0 Å². The van der Waals surface area contributed by atoms with E-state index < -0.39 is 0 Å². The maximum Gasteiger partial charge on any atom is 0.222 e. The second kappa shape index (κ2) is 8.40. The minimum atomic E-state index is -0.0727. The Morgan fingerprint density at radius 3 is 2.90 bits per heavy atom. The molecule has 1 unspecified atom stereocenters. The molecule has 1 aliphatic heterocycles. The van der Waals surface area contributed by atoms with Crippen LogP contribution in [0.4, 0.5) is 5.82 Å². The second-order valence-electron chi connectivity index (χ2n) is 7.06. The van der Waals surface area contributed by atoms with Crippen molar-refractivity contribution in [2.45, 2.75) is 18.9 Å². The lowest BCUT2D eigenvalue weighted by Crippen LogP contribution is -2.37. The van der Waals surface area contributed by atoms with Crippen molar-refractivity contribution in [3.05, 3.63) is 54.0 Å². The number of carbonyl (C=O) groups excluding carboxylic acids is 2. The number of anilines is 1. The molecule has 0 radical (unpaired) electrons. The predicted octanol–water partition coefficient (Wildman–Crippen LogP) is 1.92. The van der Waals surface area contributed by atoms with Gasteiger partial charge in [0, 0.05) is 44.4 Å². The molecule has 0 saturated carbocycles. The number of amides is 1. The fraction of sp³-hybridized carbons (Fsp3) is 0.333. The number of methoxy groups -OCH3 is 1. The van der Waals surface area contributed by atoms with E-state index in [1.54, 1.807) is 25.4 Å². The number of benzene rings is 1. The van der Waals surface area contributed by atoms with Crippen molar-refractivity contribution in [3.63, 3.8) is 0 Å². The first-order chi connectivity index (χ1) is 14.2. The van der Waals surface area contributed by atoms with Crippen LogP contribution < -0.4 is 10.2 Å². The van der Waals surface area contributed by atoms with Gasteiger partial charge in [0.15, 0.2) is 5.78 Å². The van der Waals surface area contributed by atoms with Gasteiger partial charge in [0.25, 0.3) is 0 Å². The molecule has 8 heteroatoms. The average molecular weight is 393 g/mol. The molecule has 1 fully saturated rings. The van der Waals surface area contributed by atoms with Crippen LogP contribution in [-0.4, -0.2) is 59.5 Å². The van der Waals surface area contributed by atoms with E-state index in [1.165, 1.54) is 6.33 Å². The lowest BCUT2D eigenvalue weighted by Gasteiger charge is -2.19. The van der Waals surface area contributed by atoms with Crippen LogP contribution in [0.3, 0.4) is 0 Å². The Morgan fingerprint density at radius 2 is 2.10 bits per heavy atom. The summed E-state index contributed by atoms with van der Waals surface area (Å²) in [5.41, 5.74) is 1.80. The lowest BCUT2D eigenvalue weighted by molar-refractivity contribution is -0.122. The summed E-state index contributed by atoms with van der Waals surface area (Å²) in [6.07, 6.45) is 4.35. The average Bonchev–Trinajstić information content (AvgIpc) is 3.39. The summed E-state index contributed by atoms with van der Waals surface area (Å²) in [6, 6.07) is 9.20. The first-order valence-electron chi connectivity index (χ1n) is 9.62. The van der Waals surface area contributed by atoms with Crippen molar-refractivity contribution in [3.8, 4) is 0 Å². The molecule has 0 bridgehead atoms. The fourth-order valence-electron chi connectivity index (χ4n) is 3.68. The number of fused-ring (bicyclic) bond motifs is 1. The molecule has 1 amide bonds. The fourth-order valence-corrected chi connectivity index (χ4v) is 3.68. The van der Waals surface area contributed by atoms with Crippen molar-refractivity contribution in [2.24, 2.45) is 0 Å². The van der Waals surface area contributed by atoms with Gasteiger partial charge in [-0.2, -0.15) is 0 Å². The summed E-state index contributed by atoms with van der Waals surface area (Å²) >= 11 is 0. The molecule has 1 aromatic carbocycles. The Balaban J connectivity index is 1.58. The van der Waals surface area contributed by atoms with Crippen LogP contribution in [0.2, 0.25) is 0 Å². The van der Waals surface area contributed by atoms with Gasteiger partial charge >= 0.3 is 0 Å². The molecule has 3 aromatic rings. The highest BCUT2D eigenvalue weighted by Crippen LogP contribution is 2.30. The van der Waals surface area contributed by atoms with Gasteiger partial charge in [-0.05, 0) is 6.42 Å². The molecule has 8 nitrogen and oxygen atoms in total. The molecular weight excluding hydrogens is 370 g/mol. The van der Waals surface area contributed by atoms with Crippen LogP contribution in [0.15, 0.2) is 42.9 Å². The Bertz CT molecular complexity index is 1020. The second-order valence-corrected chi connectivity index (χ2v) is 7.06. The monoisotopic (exact) mass is 393 g/mol. The highest BCUT2D eigenvalue weighted by Gasteiger charge is 2.28. The minimum Gasteiger partial charge on any atom is -0.384 e. The molecule has 4 rings (SSSR count). The normalized spacial score (nSPS) is 16.3. The van der Waals surface area contributed by atoms with Crippen LogP contribution in [0.1, 0.15) is 28.8 Å². The number of aromatic nitrogens is 3. The number of nitrogens with one attached hydrogen (secondary N) is 2. The summed E-state index contributed by atoms with van der Waals surface area (Å²) in [7, 11) is 1.58. The third-order valence-corrected chi connectivity index (χ3v) is 5.12. The number of carbonyl (C=O) groups is 2. The summed E-state index contributed by atoms with van der Waals surface area (Å²) in [5.74, 6) is 0.619. The number of ketones is 1. The van der Waals surface area contributed by atoms with Gasteiger partial charge in [0.2, 0.25) is 5.91 Å². The molecule has 1 aliphatic rings. The Hall–Kier alpha value is -3.26. The lowest BCUT2D eigenvalue weighted by atomic mass is 10.0. The van der Waals surface area contributed by atoms with Crippen LogP contribution in [0, 0.1) is 0 Å². The molecule has 150 valence electrons. The van der Waals surface area contributed by atoms with E-state index in [4.69, 9.17) is 4.74 Å². The molecule has 2 aromatic heterocycles. The summed E-state index contributed by atoms with van der Waals surface area (Å²) in [4.78, 5) is 39.0. The Morgan fingerprint density at radius 1 is 1.28 bits per heavy atom. The predicted molar refractivity (Wildman–Crippen MR) is 109 cm³/mol. The molecular formula is C21H23N5O3. The largest absolute Gasteiger partial charge is 0.384 e. The third kappa shape index (κ3) is 3.97. The highest BCUT2D eigenvalue weighted by atomic mass is 16.5. The first-order valence-corrected chi connectivity index (χ1v) is 9.62. The van der Waals surface area contributed by atoms with Crippen LogP contribution >= 0.6 is 0 Å². The van der Waals surface area contributed by atoms with Gasteiger partial charge in [-0.1, -0.05) is 30.3 Å². The zero-order valence-electron chi connectivity index (χ0n) is 16.2. The number of H-pyrrole nitrogens is 1. The Kier molecular flexibility index (Phi) is 5.53. The molecule has 3 heterocycles. The van der Waals surface area contributed by atoms with E-state index in [-0.39, 0.29) is 17.7 Å². The van der Waals surface area contributed by atoms with Gasteiger partial charge in [-0.15, -0.1) is 0 Å². The number of hydrogen-bond acceptors (Lipinski definition) is 6. The highest BCUT2D eigenvalue weighted by molar-refractivity contribution is 6.18. The van der Waals surface area contributed by atoms with Gasteiger partial charge in [-0.3, -0.25) is 9.59 Å². The smallest absolute Gasteiger partial charge is 0.222 e. The van der Waals surface area contributed by atoms with E-state index in [2.05, 4.69) is 25.2 Å². The number of hydrogen-bond donors (Lipinski definition) is 2. The standard InChI is InChI=1S/C21H23N5O3/c1-29-10-8-17(27)25-15-7-9-26(12-15)21-18-16(11-22-20(18)23-13-24-21)19(28)14-5-3-2-4-6-14/h2-6,11,13,15H,7-10,12H2,1H3,(H,25,27)(H,22,23,24). The molecule has 0 aliphatic carbocycles. The van der Waals surface area contributed by atoms with Gasteiger partial charge in [0.05, 0.1) is 17.6 Å². The number of rotatable bonds is 7. The van der Waals surface area contributed by atoms with Gasteiger partial charge in [0.1, 0.15) is 17.8 Å². The van der Waals surface area contributed by atoms with Crippen molar-refractivity contribution in [2.75, 3.05) is 31.7 Å². The van der Waals surface area contributed by atoms with Gasteiger partial charge < -0.3 is 19.9 Å². The van der Waals surface area contributed by atoms with E-state index in [0.717, 1.165) is 13.0 Å². The number of ether oxygens (including phenoxy) is 1. The Labute approximate surface area is 168 Å². The van der Waals surface area contributed by atoms with Crippen LogP contribution in [0.5, 0.6) is 0 Å². The summed E-state index contributed by atoms with van der Waals surface area (Å²) in [5, 5.41) is 3.76. The first kappa shape index (κ1) is 19.1. The zero-order valence-corrected chi connectivity index (χ0v) is 16.2. The maximum absolute atomic E-state index is 13.0. The van der Waals surface area contributed by atoms with Crippen molar-refractivity contribution < 1.29 is 14.3 Å². The molecule has 1 saturated heterocycles. The summed E-state index contributed by atoms with van der Waals surface area (Å²) in [6.45, 7) is 1.78. The van der Waals surface area contributed by atoms with Gasteiger partial charge in [-0.25, -0.2) is 9.97 Å². The van der Waals surface area contributed by atoms with E-state index >= 15 is 0 Å². The number of nitrogens with zero attached hydrogens (tertiary/aromatic N) is 3. The van der Waals surface area contributed by atoms with E-state index in [1.807, 2.05) is 18.2 Å². The van der Waals surface area contributed by atoms with E-state index in [0.29, 0.717) is 47.6 Å². The third-order valence-electron chi connectivity index (χ3n) is 5.12. The summed E-state index contributed by atoms with van der Waals surface area (Å²) < 4.78 is 4.96. The molecule has 2 N–H and O–H groups in total. The van der Waals surface area contributed by atoms with Crippen LogP contribution in [-0.2, 0) is 9.53 Å². The maximum atomic E-state index is 13.0. The SMILES string of the molecule is COCCC(=O)NC1CCN(c2ncnc3[nH]cc(C(=O)c4ccccc4)c23)C1. The zero-order chi connectivity index (χ0) is 20.2. The molecule has 0 spiro atoms. The topological polar surface area (TPSA) is 100 Å². The van der Waals surface area contributed by atoms with Crippen molar-refractivity contribution in [1.82, 2.24) is 20.3 Å². The molecule has 1 atom stereocenters.